The molecule has 0 saturated carbocycles. The number of hydrogen-bond donors (Lipinski definition) is 2. The zero-order valence-corrected chi connectivity index (χ0v) is 15.1. The van der Waals surface area contributed by atoms with E-state index in [9.17, 15) is 9.59 Å². The van der Waals surface area contributed by atoms with E-state index in [0.29, 0.717) is 23.4 Å². The minimum absolute atomic E-state index is 0.0122. The summed E-state index contributed by atoms with van der Waals surface area (Å²) in [4.78, 5) is 26.7. The lowest BCUT2D eigenvalue weighted by atomic mass is 9.94. The number of nitrogens with zero attached hydrogens (tertiary/aromatic N) is 1. The second-order valence-electron chi connectivity index (χ2n) is 6.55. The first-order chi connectivity index (χ1) is 11.3. The molecule has 2 amide bonds. The summed E-state index contributed by atoms with van der Waals surface area (Å²) >= 11 is 0. The molecule has 0 radical (unpaired) electrons. The highest BCUT2D eigenvalue weighted by atomic mass is 16.5. The molecule has 1 aromatic rings. The molecule has 0 spiro atoms. The molecule has 2 atom stereocenters. The average Bonchev–Trinajstić information content (AvgIpc) is 2.84. The van der Waals surface area contributed by atoms with E-state index < -0.39 is 0 Å². The second kappa shape index (κ2) is 7.66. The molecule has 2 rings (SSSR count). The lowest BCUT2D eigenvalue weighted by Gasteiger charge is -2.12. The van der Waals surface area contributed by atoms with Crippen LogP contribution in [0, 0.1) is 0 Å². The summed E-state index contributed by atoms with van der Waals surface area (Å²) in [6, 6.07) is 3.46. The lowest BCUT2D eigenvalue weighted by molar-refractivity contribution is 0.0952. The van der Waals surface area contributed by atoms with Crippen LogP contribution in [0.1, 0.15) is 52.5 Å². The van der Waals surface area contributed by atoms with Crippen LogP contribution < -0.4 is 15.4 Å². The van der Waals surface area contributed by atoms with Gasteiger partial charge in [-0.2, -0.15) is 0 Å². The molecule has 1 heterocycles. The first kappa shape index (κ1) is 18.3. The fourth-order valence-electron chi connectivity index (χ4n) is 2.80. The molecule has 0 saturated heterocycles. The number of benzene rings is 1. The summed E-state index contributed by atoms with van der Waals surface area (Å²) in [5, 5.41) is 5.53. The Balaban J connectivity index is 2.22. The Morgan fingerprint density at radius 3 is 2.54 bits per heavy atom. The standard InChI is InChI=1S/C18H27N3O3/c1-11-12(2)24-16-14(11)9-13(10-15(16)18(23)19-3)17(22)20-7-6-8-21(4)5/h9-12H,6-8H2,1-5H3,(H,19,23)(H,20,22)/t11-,12-/m1/s1. The Morgan fingerprint density at radius 1 is 1.21 bits per heavy atom. The molecule has 0 unspecified atom stereocenters. The highest BCUT2D eigenvalue weighted by Gasteiger charge is 2.32. The van der Waals surface area contributed by atoms with Crippen LogP contribution in [0.15, 0.2) is 12.1 Å². The van der Waals surface area contributed by atoms with Gasteiger partial charge < -0.3 is 20.3 Å². The van der Waals surface area contributed by atoms with E-state index in [0.717, 1.165) is 18.5 Å². The highest BCUT2D eigenvalue weighted by Crippen LogP contribution is 2.41. The SMILES string of the molecule is CNC(=O)c1cc(C(=O)NCCCN(C)C)cc2c1O[C@H](C)[C@H]2C. The molecule has 6 nitrogen and oxygen atoms in total. The van der Waals surface area contributed by atoms with Gasteiger partial charge in [0.05, 0.1) is 5.56 Å². The van der Waals surface area contributed by atoms with Gasteiger partial charge in [-0.3, -0.25) is 9.59 Å². The van der Waals surface area contributed by atoms with Crippen LogP contribution in [0.25, 0.3) is 0 Å². The fourth-order valence-corrected chi connectivity index (χ4v) is 2.80. The molecule has 6 heteroatoms. The zero-order chi connectivity index (χ0) is 17.9. The largest absolute Gasteiger partial charge is 0.489 e. The van der Waals surface area contributed by atoms with Crippen LogP contribution in [0.3, 0.4) is 0 Å². The van der Waals surface area contributed by atoms with Crippen molar-refractivity contribution in [3.05, 3.63) is 28.8 Å². The quantitative estimate of drug-likeness (QED) is 0.776. The normalized spacial score (nSPS) is 18.9. The van der Waals surface area contributed by atoms with Gasteiger partial charge in [0.25, 0.3) is 11.8 Å². The van der Waals surface area contributed by atoms with Gasteiger partial charge in [-0.15, -0.1) is 0 Å². The predicted molar refractivity (Wildman–Crippen MR) is 93.8 cm³/mol. The molecular formula is C18H27N3O3. The van der Waals surface area contributed by atoms with Crippen molar-refractivity contribution in [3.8, 4) is 5.75 Å². The van der Waals surface area contributed by atoms with Gasteiger partial charge in [-0.1, -0.05) is 6.92 Å². The van der Waals surface area contributed by atoms with Crippen LogP contribution in [-0.2, 0) is 0 Å². The molecule has 1 aliphatic heterocycles. The monoisotopic (exact) mass is 333 g/mol. The third-order valence-electron chi connectivity index (χ3n) is 4.42. The van der Waals surface area contributed by atoms with E-state index in [1.165, 1.54) is 0 Å². The van der Waals surface area contributed by atoms with E-state index in [4.69, 9.17) is 4.74 Å². The van der Waals surface area contributed by atoms with E-state index >= 15 is 0 Å². The Morgan fingerprint density at radius 2 is 1.92 bits per heavy atom. The molecule has 0 fully saturated rings. The predicted octanol–water partition coefficient (Wildman–Crippen LogP) is 1.61. The summed E-state index contributed by atoms with van der Waals surface area (Å²) < 4.78 is 5.83. The molecule has 1 aromatic carbocycles. The highest BCUT2D eigenvalue weighted by molar-refractivity contribution is 6.02. The molecule has 2 N–H and O–H groups in total. The van der Waals surface area contributed by atoms with Crippen LogP contribution in [0.4, 0.5) is 0 Å². The topological polar surface area (TPSA) is 70.7 Å². The fraction of sp³-hybridized carbons (Fsp3) is 0.556. The minimum Gasteiger partial charge on any atom is -0.489 e. The number of fused-ring (bicyclic) bond motifs is 1. The average molecular weight is 333 g/mol. The second-order valence-corrected chi connectivity index (χ2v) is 6.55. The van der Waals surface area contributed by atoms with Gasteiger partial charge in [0.1, 0.15) is 11.9 Å². The van der Waals surface area contributed by atoms with Crippen LogP contribution in [-0.4, -0.2) is 57.1 Å². The number of ether oxygens (including phenoxy) is 1. The maximum absolute atomic E-state index is 12.4. The number of carbonyl (C=O) groups excluding carboxylic acids is 2. The van der Waals surface area contributed by atoms with Crippen LogP contribution in [0.2, 0.25) is 0 Å². The summed E-state index contributed by atoms with van der Waals surface area (Å²) in [5.74, 6) is 0.340. The Hall–Kier alpha value is -2.08. The third-order valence-corrected chi connectivity index (χ3v) is 4.42. The number of amides is 2. The molecule has 24 heavy (non-hydrogen) atoms. The molecule has 0 aromatic heterocycles. The van der Waals surface area contributed by atoms with Crippen molar-refractivity contribution in [1.82, 2.24) is 15.5 Å². The summed E-state index contributed by atoms with van der Waals surface area (Å²) in [6.45, 7) is 5.53. The number of rotatable bonds is 6. The molecule has 132 valence electrons. The van der Waals surface area contributed by atoms with Gasteiger partial charge in [-0.05, 0) is 46.1 Å². The van der Waals surface area contributed by atoms with Gasteiger partial charge in [0.15, 0.2) is 0 Å². The first-order valence-electron chi connectivity index (χ1n) is 8.34. The summed E-state index contributed by atoms with van der Waals surface area (Å²) in [6.07, 6.45) is 0.865. The minimum atomic E-state index is -0.241. The molecule has 0 bridgehead atoms. The molecular weight excluding hydrogens is 306 g/mol. The number of nitrogens with one attached hydrogen (secondary N) is 2. The van der Waals surface area contributed by atoms with E-state index in [-0.39, 0.29) is 23.8 Å². The van der Waals surface area contributed by atoms with Gasteiger partial charge in [0.2, 0.25) is 0 Å². The Labute approximate surface area is 143 Å². The van der Waals surface area contributed by atoms with Crippen molar-refractivity contribution in [2.75, 3.05) is 34.2 Å². The summed E-state index contributed by atoms with van der Waals surface area (Å²) in [5.41, 5.74) is 1.84. The molecule has 0 aliphatic carbocycles. The maximum Gasteiger partial charge on any atom is 0.254 e. The first-order valence-corrected chi connectivity index (χ1v) is 8.34. The number of carbonyl (C=O) groups is 2. The van der Waals surface area contributed by atoms with E-state index in [2.05, 4.69) is 15.5 Å². The van der Waals surface area contributed by atoms with Gasteiger partial charge in [0, 0.05) is 30.6 Å². The zero-order valence-electron chi connectivity index (χ0n) is 15.1. The third kappa shape index (κ3) is 3.87. The van der Waals surface area contributed by atoms with Crippen molar-refractivity contribution in [3.63, 3.8) is 0 Å². The maximum atomic E-state index is 12.4. The number of hydrogen-bond acceptors (Lipinski definition) is 4. The Kier molecular flexibility index (Phi) is 5.83. The van der Waals surface area contributed by atoms with Crippen molar-refractivity contribution in [1.29, 1.82) is 0 Å². The van der Waals surface area contributed by atoms with Crippen LogP contribution >= 0.6 is 0 Å². The Bertz CT molecular complexity index is 628. The lowest BCUT2D eigenvalue weighted by Crippen LogP contribution is -2.27. The smallest absolute Gasteiger partial charge is 0.254 e. The van der Waals surface area contributed by atoms with Crippen molar-refractivity contribution < 1.29 is 14.3 Å². The van der Waals surface area contributed by atoms with Crippen LogP contribution in [0.5, 0.6) is 5.75 Å². The van der Waals surface area contributed by atoms with Gasteiger partial charge in [-0.25, -0.2) is 0 Å². The van der Waals surface area contributed by atoms with Crippen molar-refractivity contribution >= 4 is 11.8 Å². The molecule has 1 aliphatic rings. The summed E-state index contributed by atoms with van der Waals surface area (Å²) in [7, 11) is 5.57. The van der Waals surface area contributed by atoms with E-state index in [1.807, 2.05) is 34.0 Å². The van der Waals surface area contributed by atoms with Crippen molar-refractivity contribution in [2.45, 2.75) is 32.3 Å². The van der Waals surface area contributed by atoms with Crippen molar-refractivity contribution in [2.24, 2.45) is 0 Å². The van der Waals surface area contributed by atoms with E-state index in [1.54, 1.807) is 13.1 Å². The van der Waals surface area contributed by atoms with Gasteiger partial charge >= 0.3 is 0 Å².